The second-order valence-corrected chi connectivity index (χ2v) is 11.2. The molecule has 0 saturated carbocycles. The van der Waals surface area contributed by atoms with E-state index in [0.717, 1.165) is 0 Å². The second-order valence-electron chi connectivity index (χ2n) is 6.14. The van der Waals surface area contributed by atoms with Gasteiger partial charge in [0.05, 0.1) is 8.07 Å². The molecule has 0 atom stereocenters. The third-order valence-electron chi connectivity index (χ3n) is 3.14. The Morgan fingerprint density at radius 3 is 2.05 bits per heavy atom. The average Bonchev–Trinajstić information content (AvgIpc) is 2.37. The summed E-state index contributed by atoms with van der Waals surface area (Å²) in [4.78, 5) is 0. The Hall–Kier alpha value is -1.60. The maximum atomic E-state index is 2.38. The Labute approximate surface area is 117 Å². The van der Waals surface area contributed by atoms with Crippen LogP contribution in [0.5, 0.6) is 0 Å². The Bertz CT molecular complexity index is 571. The van der Waals surface area contributed by atoms with Crippen molar-refractivity contribution in [3.8, 4) is 11.1 Å². The number of rotatable bonds is 3. The molecule has 0 aliphatic carbocycles. The van der Waals surface area contributed by atoms with E-state index in [2.05, 4.69) is 86.9 Å². The molecule has 0 N–H and O–H groups in total. The summed E-state index contributed by atoms with van der Waals surface area (Å²) in [5.74, 6) is 0. The van der Waals surface area contributed by atoms with E-state index >= 15 is 0 Å². The normalized spacial score (nSPS) is 12.0. The van der Waals surface area contributed by atoms with E-state index in [1.807, 2.05) is 0 Å². The highest BCUT2D eigenvalue weighted by molar-refractivity contribution is 6.81. The number of aryl methyl sites for hydroxylation is 1. The van der Waals surface area contributed by atoms with Crippen LogP contribution >= 0.6 is 0 Å². The van der Waals surface area contributed by atoms with Crippen molar-refractivity contribution in [2.45, 2.75) is 26.6 Å². The van der Waals surface area contributed by atoms with Gasteiger partial charge >= 0.3 is 0 Å². The topological polar surface area (TPSA) is 0 Å². The molecule has 0 saturated heterocycles. The highest BCUT2D eigenvalue weighted by atomic mass is 28.3. The fraction of sp³-hybridized carbons (Fsp3) is 0.222. The van der Waals surface area contributed by atoms with Crippen molar-refractivity contribution in [2.24, 2.45) is 0 Å². The molecule has 2 aromatic rings. The average molecular weight is 266 g/mol. The van der Waals surface area contributed by atoms with E-state index in [1.54, 1.807) is 0 Å². The standard InChI is InChI=1S/C18H22Si/c1-15-7-5-6-8-18(15)17-11-9-16(10-12-17)13-14-19(2,3)4/h5-14H,1-4H3/b14-13-. The first-order chi connectivity index (χ1) is 8.96. The Morgan fingerprint density at radius 1 is 0.842 bits per heavy atom. The van der Waals surface area contributed by atoms with Crippen LogP contribution in [0.1, 0.15) is 11.1 Å². The van der Waals surface area contributed by atoms with Crippen molar-refractivity contribution in [3.63, 3.8) is 0 Å². The number of hydrogen-bond acceptors (Lipinski definition) is 0. The van der Waals surface area contributed by atoms with Crippen LogP contribution < -0.4 is 0 Å². The molecule has 98 valence electrons. The molecule has 0 fully saturated rings. The van der Waals surface area contributed by atoms with Crippen LogP contribution in [0.25, 0.3) is 17.2 Å². The van der Waals surface area contributed by atoms with E-state index in [4.69, 9.17) is 0 Å². The summed E-state index contributed by atoms with van der Waals surface area (Å²) in [5.41, 5.74) is 7.62. The van der Waals surface area contributed by atoms with Crippen LogP contribution in [0.4, 0.5) is 0 Å². The van der Waals surface area contributed by atoms with Gasteiger partial charge in [0, 0.05) is 0 Å². The highest BCUT2D eigenvalue weighted by Gasteiger charge is 2.06. The first-order valence-electron chi connectivity index (χ1n) is 6.81. The van der Waals surface area contributed by atoms with E-state index in [-0.39, 0.29) is 0 Å². The van der Waals surface area contributed by atoms with Gasteiger partial charge in [0.1, 0.15) is 0 Å². The Morgan fingerprint density at radius 2 is 1.47 bits per heavy atom. The highest BCUT2D eigenvalue weighted by Crippen LogP contribution is 2.23. The van der Waals surface area contributed by atoms with Gasteiger partial charge in [-0.25, -0.2) is 0 Å². The van der Waals surface area contributed by atoms with Crippen molar-refractivity contribution in [1.82, 2.24) is 0 Å². The molecular formula is C18H22Si. The van der Waals surface area contributed by atoms with Gasteiger partial charge in [-0.1, -0.05) is 79.9 Å². The van der Waals surface area contributed by atoms with Crippen molar-refractivity contribution in [1.29, 1.82) is 0 Å². The summed E-state index contributed by atoms with van der Waals surface area (Å²) >= 11 is 0. The third kappa shape index (κ3) is 3.93. The molecule has 0 nitrogen and oxygen atoms in total. The predicted molar refractivity (Wildman–Crippen MR) is 89.0 cm³/mol. The Kier molecular flexibility index (Phi) is 4.06. The van der Waals surface area contributed by atoms with Crippen molar-refractivity contribution >= 4 is 14.1 Å². The molecule has 0 heterocycles. The molecule has 0 aromatic heterocycles. The van der Waals surface area contributed by atoms with Crippen LogP contribution in [0.2, 0.25) is 19.6 Å². The molecule has 0 bridgehead atoms. The third-order valence-corrected chi connectivity index (χ3v) is 4.31. The van der Waals surface area contributed by atoms with Gasteiger partial charge in [-0.05, 0) is 29.2 Å². The minimum atomic E-state index is -1.11. The summed E-state index contributed by atoms with van der Waals surface area (Å²) in [7, 11) is -1.11. The minimum absolute atomic E-state index is 1.11. The van der Waals surface area contributed by atoms with Gasteiger partial charge in [-0.15, -0.1) is 0 Å². The van der Waals surface area contributed by atoms with Crippen LogP contribution in [0, 0.1) is 6.92 Å². The summed E-state index contributed by atoms with van der Waals surface area (Å²) in [6.07, 6.45) is 2.26. The molecule has 0 aliphatic heterocycles. The zero-order valence-corrected chi connectivity index (χ0v) is 13.3. The predicted octanol–water partition coefficient (Wildman–Crippen LogP) is 5.55. The van der Waals surface area contributed by atoms with Gasteiger partial charge < -0.3 is 0 Å². The van der Waals surface area contributed by atoms with Crippen molar-refractivity contribution < 1.29 is 0 Å². The lowest BCUT2D eigenvalue weighted by Gasteiger charge is -2.09. The van der Waals surface area contributed by atoms with E-state index in [1.165, 1.54) is 22.3 Å². The lowest BCUT2D eigenvalue weighted by molar-refractivity contribution is 1.46. The Balaban J connectivity index is 2.25. The second kappa shape index (κ2) is 5.58. The minimum Gasteiger partial charge on any atom is -0.0944 e. The van der Waals surface area contributed by atoms with E-state index in [9.17, 15) is 0 Å². The lowest BCUT2D eigenvalue weighted by Crippen LogP contribution is -2.15. The molecule has 2 aromatic carbocycles. The van der Waals surface area contributed by atoms with Crippen LogP contribution in [-0.4, -0.2) is 8.07 Å². The molecule has 0 amide bonds. The summed E-state index contributed by atoms with van der Waals surface area (Å²) in [5, 5.41) is 0. The van der Waals surface area contributed by atoms with Crippen molar-refractivity contribution in [2.75, 3.05) is 0 Å². The molecule has 0 spiro atoms. The molecule has 2 rings (SSSR count). The van der Waals surface area contributed by atoms with Crippen LogP contribution in [0.15, 0.2) is 54.2 Å². The zero-order valence-electron chi connectivity index (χ0n) is 12.3. The molecule has 1 heteroatoms. The largest absolute Gasteiger partial charge is 0.0944 e. The van der Waals surface area contributed by atoms with Gasteiger partial charge in [0.2, 0.25) is 0 Å². The smallest absolute Gasteiger partial charge is 0.0687 e. The maximum absolute atomic E-state index is 2.38. The van der Waals surface area contributed by atoms with Gasteiger partial charge in [-0.3, -0.25) is 0 Å². The maximum Gasteiger partial charge on any atom is 0.0687 e. The fourth-order valence-corrected chi connectivity index (χ4v) is 2.71. The molecule has 19 heavy (non-hydrogen) atoms. The first kappa shape index (κ1) is 13.8. The van der Waals surface area contributed by atoms with Crippen molar-refractivity contribution in [3.05, 3.63) is 65.4 Å². The number of benzene rings is 2. The van der Waals surface area contributed by atoms with Crippen LogP contribution in [0.3, 0.4) is 0 Å². The lowest BCUT2D eigenvalue weighted by atomic mass is 10.00. The first-order valence-corrected chi connectivity index (χ1v) is 10.4. The molecule has 0 aliphatic rings. The van der Waals surface area contributed by atoms with Gasteiger partial charge in [0.15, 0.2) is 0 Å². The zero-order chi connectivity index (χ0) is 13.9. The molecule has 0 unspecified atom stereocenters. The molecule has 0 radical (unpaired) electrons. The van der Waals surface area contributed by atoms with Gasteiger partial charge in [-0.2, -0.15) is 0 Å². The summed E-state index contributed by atoms with van der Waals surface area (Å²) in [6, 6.07) is 17.4. The van der Waals surface area contributed by atoms with Crippen LogP contribution in [-0.2, 0) is 0 Å². The van der Waals surface area contributed by atoms with E-state index < -0.39 is 8.07 Å². The van der Waals surface area contributed by atoms with E-state index in [0.29, 0.717) is 0 Å². The monoisotopic (exact) mass is 266 g/mol. The van der Waals surface area contributed by atoms with Gasteiger partial charge in [0.25, 0.3) is 0 Å². The quantitative estimate of drug-likeness (QED) is 0.639. The number of hydrogen-bond donors (Lipinski definition) is 0. The SMILES string of the molecule is Cc1ccccc1-c1ccc(/C=C\[Si](C)(C)C)cc1. The fourth-order valence-electron chi connectivity index (χ4n) is 2.02. The summed E-state index contributed by atoms with van der Waals surface area (Å²) < 4.78 is 0. The summed E-state index contributed by atoms with van der Waals surface area (Å²) in [6.45, 7) is 9.22. The molecular weight excluding hydrogens is 244 g/mol.